The van der Waals surface area contributed by atoms with E-state index in [9.17, 15) is 25.1 Å². The van der Waals surface area contributed by atoms with Crippen molar-refractivity contribution in [3.8, 4) is 6.07 Å². The summed E-state index contributed by atoms with van der Waals surface area (Å²) in [6.45, 7) is 7.18. The number of hydrogen-bond acceptors (Lipinski definition) is 6. The minimum absolute atomic E-state index is 0.00240. The molecule has 0 spiro atoms. The van der Waals surface area contributed by atoms with Crippen molar-refractivity contribution < 1.29 is 28.9 Å². The van der Waals surface area contributed by atoms with Crippen LogP contribution in [-0.2, 0) is 14.3 Å². The number of carbonyl (C=O) groups excluding carboxylic acids is 2. The van der Waals surface area contributed by atoms with E-state index < -0.39 is 51.9 Å². The van der Waals surface area contributed by atoms with Gasteiger partial charge in [0.25, 0.3) is 0 Å². The molecule has 4 rings (SSSR count). The molecule has 0 aliphatic heterocycles. The van der Waals surface area contributed by atoms with Gasteiger partial charge in [-0.25, -0.2) is 4.39 Å². The number of aliphatic hydroxyl groups is 2. The largest absolute Gasteiger partial charge is 0.390 e. The van der Waals surface area contributed by atoms with Gasteiger partial charge in [0.05, 0.1) is 6.10 Å². The predicted molar refractivity (Wildman–Crippen MR) is 114 cm³/mol. The zero-order valence-corrected chi connectivity index (χ0v) is 19.4. The molecular weight excluding hydrogens is 413 g/mol. The normalized spacial score (nSPS) is 48.7. The van der Waals surface area contributed by atoms with Gasteiger partial charge in [0, 0.05) is 29.8 Å². The molecule has 4 aliphatic carbocycles. The van der Waals surface area contributed by atoms with Crippen LogP contribution in [0.5, 0.6) is 0 Å². The number of carbonyl (C=O) groups is 2. The molecule has 0 radical (unpaired) electrons. The molecule has 7 heteroatoms. The molecule has 176 valence electrons. The zero-order valence-electron chi connectivity index (χ0n) is 19.4. The van der Waals surface area contributed by atoms with Gasteiger partial charge in [-0.15, -0.1) is 0 Å². The van der Waals surface area contributed by atoms with E-state index in [4.69, 9.17) is 4.74 Å². The quantitative estimate of drug-likeness (QED) is 0.686. The van der Waals surface area contributed by atoms with Crippen LogP contribution in [-0.4, -0.2) is 51.9 Å². The van der Waals surface area contributed by atoms with Gasteiger partial charge < -0.3 is 14.9 Å². The summed E-state index contributed by atoms with van der Waals surface area (Å²) in [6.07, 6.45) is 0.740. The third kappa shape index (κ3) is 2.66. The first kappa shape index (κ1) is 23.5. The second-order valence-corrected chi connectivity index (χ2v) is 10.9. The molecule has 0 aromatic carbocycles. The van der Waals surface area contributed by atoms with Crippen LogP contribution in [0, 0.1) is 39.9 Å². The van der Waals surface area contributed by atoms with Crippen molar-refractivity contribution >= 4 is 11.6 Å². The maximum absolute atomic E-state index is 17.1. The summed E-state index contributed by atoms with van der Waals surface area (Å²) in [5, 5.41) is 32.7. The molecule has 0 bridgehead atoms. The first-order valence-corrected chi connectivity index (χ1v) is 11.8. The summed E-state index contributed by atoms with van der Waals surface area (Å²) in [4.78, 5) is 25.4. The van der Waals surface area contributed by atoms with E-state index in [0.29, 0.717) is 25.7 Å². The van der Waals surface area contributed by atoms with Crippen molar-refractivity contribution in [2.24, 2.45) is 28.6 Å². The monoisotopic (exact) mass is 447 g/mol. The topological polar surface area (TPSA) is 108 Å². The third-order valence-electron chi connectivity index (χ3n) is 9.69. The number of aliphatic hydroxyl groups excluding tert-OH is 1. The Morgan fingerprint density at radius 3 is 2.69 bits per heavy atom. The van der Waals surface area contributed by atoms with Crippen LogP contribution in [0.1, 0.15) is 66.2 Å². The predicted octanol–water partition coefficient (Wildman–Crippen LogP) is 3.06. The van der Waals surface area contributed by atoms with Crippen LogP contribution in [0.25, 0.3) is 0 Å². The number of Topliss-reactive ketones (excluding diaryl/α,β-unsaturated/α-hetero) is 1. The smallest absolute Gasteiger partial charge is 0.208 e. The van der Waals surface area contributed by atoms with Gasteiger partial charge in [0.2, 0.25) is 11.9 Å². The van der Waals surface area contributed by atoms with Crippen molar-refractivity contribution in [3.63, 3.8) is 0 Å². The molecule has 3 fully saturated rings. The Balaban J connectivity index is 1.78. The van der Waals surface area contributed by atoms with Crippen molar-refractivity contribution in [3.05, 3.63) is 11.6 Å². The number of hydrogen-bond donors (Lipinski definition) is 2. The number of ketones is 2. The molecule has 0 saturated heterocycles. The Hall–Kier alpha value is -1.62. The van der Waals surface area contributed by atoms with Crippen LogP contribution in [0.2, 0.25) is 0 Å². The number of halogens is 1. The van der Waals surface area contributed by atoms with E-state index >= 15 is 4.39 Å². The second-order valence-electron chi connectivity index (χ2n) is 10.9. The summed E-state index contributed by atoms with van der Waals surface area (Å²) in [7, 11) is 0. The Labute approximate surface area is 188 Å². The van der Waals surface area contributed by atoms with Gasteiger partial charge >= 0.3 is 0 Å². The fourth-order valence-electron chi connectivity index (χ4n) is 7.97. The van der Waals surface area contributed by atoms with Gasteiger partial charge in [0.1, 0.15) is 17.3 Å². The lowest BCUT2D eigenvalue weighted by atomic mass is 9.43. The Kier molecular flexibility index (Phi) is 5.48. The van der Waals surface area contributed by atoms with Gasteiger partial charge in [-0.3, -0.25) is 9.59 Å². The SMILES string of the molecule is CCOC(C#N)C(=O)[C@@]1(O)[C@@H](C)C[C@H]2[C@@H]3CCC4=CC(=O)CC[C@]4(C)[C@@]3(F)[C@@H](O)C[C@@]21C. The molecule has 1 unspecified atom stereocenters. The summed E-state index contributed by atoms with van der Waals surface area (Å²) in [6, 6.07) is 1.85. The summed E-state index contributed by atoms with van der Waals surface area (Å²) >= 11 is 0. The summed E-state index contributed by atoms with van der Waals surface area (Å²) in [5.74, 6) is -2.08. The molecule has 0 heterocycles. The van der Waals surface area contributed by atoms with Gasteiger partial charge in [-0.2, -0.15) is 5.26 Å². The van der Waals surface area contributed by atoms with Crippen molar-refractivity contribution in [2.45, 2.75) is 89.7 Å². The molecule has 0 amide bonds. The van der Waals surface area contributed by atoms with Gasteiger partial charge in [-0.05, 0) is 56.9 Å². The number of allylic oxidation sites excluding steroid dienone is 1. The van der Waals surface area contributed by atoms with Crippen molar-refractivity contribution in [1.29, 1.82) is 5.26 Å². The number of ether oxygens (including phenoxy) is 1. The molecule has 0 aromatic rings. The molecule has 4 aliphatic rings. The van der Waals surface area contributed by atoms with Crippen LogP contribution >= 0.6 is 0 Å². The molecule has 2 N–H and O–H groups in total. The van der Waals surface area contributed by atoms with E-state index in [1.54, 1.807) is 26.8 Å². The number of alkyl halides is 1. The van der Waals surface area contributed by atoms with Crippen molar-refractivity contribution in [2.75, 3.05) is 6.61 Å². The lowest BCUT2D eigenvalue weighted by Crippen LogP contribution is -2.70. The Morgan fingerprint density at radius 2 is 2.06 bits per heavy atom. The number of nitrogens with zero attached hydrogens (tertiary/aromatic N) is 1. The second kappa shape index (κ2) is 7.44. The number of rotatable bonds is 4. The minimum Gasteiger partial charge on any atom is -0.390 e. The highest BCUT2D eigenvalue weighted by molar-refractivity contribution is 5.95. The first-order valence-electron chi connectivity index (χ1n) is 11.8. The standard InChI is InChI=1S/C25H34FNO5/c1-5-32-19(13-27)21(30)25(31)14(2)10-18-17-7-6-15-11-16(28)8-9-22(15,3)24(17,26)20(29)12-23(18,25)4/h11,14,17-20,29,31H,5-10,12H2,1-4H3/t14-,17-,18-,19?,20-,22-,23-,24-,25-/m0/s1. The molecular formula is C25H34FNO5. The Morgan fingerprint density at radius 1 is 1.38 bits per heavy atom. The van der Waals surface area contributed by atoms with E-state index in [2.05, 4.69) is 0 Å². The molecule has 3 saturated carbocycles. The lowest BCUT2D eigenvalue weighted by molar-refractivity contribution is -0.229. The average molecular weight is 448 g/mol. The van der Waals surface area contributed by atoms with E-state index in [1.165, 1.54) is 0 Å². The van der Waals surface area contributed by atoms with Gasteiger partial charge in [0.15, 0.2) is 5.78 Å². The fourth-order valence-corrected chi connectivity index (χ4v) is 7.97. The number of fused-ring (bicyclic) bond motifs is 5. The average Bonchev–Trinajstić information content (AvgIpc) is 2.94. The molecule has 6 nitrogen and oxygen atoms in total. The van der Waals surface area contributed by atoms with Crippen LogP contribution in [0.3, 0.4) is 0 Å². The number of nitriles is 1. The molecule has 9 atom stereocenters. The van der Waals surface area contributed by atoms with Crippen molar-refractivity contribution in [1.82, 2.24) is 0 Å². The maximum Gasteiger partial charge on any atom is 0.208 e. The third-order valence-corrected chi connectivity index (χ3v) is 9.69. The minimum atomic E-state index is -1.94. The summed E-state index contributed by atoms with van der Waals surface area (Å²) in [5.41, 5.74) is -5.09. The fraction of sp³-hybridized carbons (Fsp3) is 0.800. The highest BCUT2D eigenvalue weighted by Crippen LogP contribution is 2.71. The molecule has 0 aromatic heterocycles. The molecule has 32 heavy (non-hydrogen) atoms. The van der Waals surface area contributed by atoms with Crippen LogP contribution in [0.4, 0.5) is 4.39 Å². The summed E-state index contributed by atoms with van der Waals surface area (Å²) < 4.78 is 22.5. The highest BCUT2D eigenvalue weighted by Gasteiger charge is 2.76. The van der Waals surface area contributed by atoms with E-state index in [0.717, 1.165) is 5.57 Å². The van der Waals surface area contributed by atoms with E-state index in [1.807, 2.05) is 13.0 Å². The maximum atomic E-state index is 17.1. The lowest BCUT2D eigenvalue weighted by Gasteiger charge is -2.63. The van der Waals surface area contributed by atoms with Crippen LogP contribution < -0.4 is 0 Å². The van der Waals surface area contributed by atoms with Gasteiger partial charge in [-0.1, -0.05) is 26.3 Å². The highest BCUT2D eigenvalue weighted by atomic mass is 19.1. The zero-order chi connectivity index (χ0) is 23.7. The Bertz CT molecular complexity index is 912. The van der Waals surface area contributed by atoms with Crippen LogP contribution in [0.15, 0.2) is 11.6 Å². The van der Waals surface area contributed by atoms with E-state index in [-0.39, 0.29) is 31.1 Å². The first-order chi connectivity index (χ1) is 14.9.